The van der Waals surface area contributed by atoms with E-state index >= 15 is 0 Å². The van der Waals surface area contributed by atoms with Crippen LogP contribution in [0.5, 0.6) is 0 Å². The Bertz CT molecular complexity index is 618. The summed E-state index contributed by atoms with van der Waals surface area (Å²) in [5.74, 6) is 0.202. The number of hydrogen-bond donors (Lipinski definition) is 0. The van der Waals surface area contributed by atoms with Crippen LogP contribution in [0, 0.1) is 0 Å². The number of rotatable bonds is 4. The average Bonchev–Trinajstić information content (AvgIpc) is 3.06. The molecule has 5 heteroatoms. The zero-order valence-electron chi connectivity index (χ0n) is 13.7. The Morgan fingerprint density at radius 1 is 1.23 bits per heavy atom. The first-order chi connectivity index (χ1) is 10.6. The number of piperazine rings is 1. The van der Waals surface area contributed by atoms with Crippen molar-refractivity contribution in [3.8, 4) is 0 Å². The van der Waals surface area contributed by atoms with E-state index in [1.54, 1.807) is 11.3 Å². The third-order valence-corrected chi connectivity index (χ3v) is 5.43. The first-order valence-corrected chi connectivity index (χ1v) is 9.02. The van der Waals surface area contributed by atoms with Crippen molar-refractivity contribution in [2.75, 3.05) is 32.7 Å². The fourth-order valence-corrected chi connectivity index (χ4v) is 4.05. The van der Waals surface area contributed by atoms with Crippen LogP contribution in [0.25, 0.3) is 10.1 Å². The lowest BCUT2D eigenvalue weighted by Crippen LogP contribution is -2.48. The van der Waals surface area contributed by atoms with Gasteiger partial charge in [-0.05, 0) is 32.9 Å². The molecule has 1 amide bonds. The van der Waals surface area contributed by atoms with Crippen LogP contribution >= 0.6 is 11.3 Å². The summed E-state index contributed by atoms with van der Waals surface area (Å²) in [7, 11) is 0. The topological polar surface area (TPSA) is 28.5 Å². The minimum atomic E-state index is 0.202. The van der Waals surface area contributed by atoms with Gasteiger partial charge in [0, 0.05) is 50.0 Å². The molecule has 1 fully saturated rings. The fraction of sp³-hybridized carbons (Fsp3) is 0.588. The lowest BCUT2D eigenvalue weighted by Gasteiger charge is -2.34. The van der Waals surface area contributed by atoms with Gasteiger partial charge in [0.05, 0.1) is 9.58 Å². The van der Waals surface area contributed by atoms with Crippen molar-refractivity contribution in [2.45, 2.75) is 33.2 Å². The molecule has 2 aromatic heterocycles. The standard InChI is InChI=1S/C17H25N3OS/c1-4-5-18-6-8-19(9-7-18)17(21)15-10-14-11-20(13(2)3)12-16(14)22-15/h10-13H,4-9H2,1-3H3. The maximum Gasteiger partial charge on any atom is 0.264 e. The largest absolute Gasteiger partial charge is 0.350 e. The summed E-state index contributed by atoms with van der Waals surface area (Å²) >= 11 is 1.62. The highest BCUT2D eigenvalue weighted by atomic mass is 32.1. The number of thiophene rings is 1. The number of hydrogen-bond acceptors (Lipinski definition) is 3. The second kappa shape index (κ2) is 6.42. The first kappa shape index (κ1) is 15.6. The van der Waals surface area contributed by atoms with Crippen LogP contribution in [0.3, 0.4) is 0 Å². The molecule has 4 nitrogen and oxygen atoms in total. The van der Waals surface area contributed by atoms with Gasteiger partial charge >= 0.3 is 0 Å². The summed E-state index contributed by atoms with van der Waals surface area (Å²) in [4.78, 5) is 18.0. The molecule has 22 heavy (non-hydrogen) atoms. The third-order valence-electron chi connectivity index (χ3n) is 4.35. The van der Waals surface area contributed by atoms with E-state index < -0.39 is 0 Å². The van der Waals surface area contributed by atoms with E-state index in [9.17, 15) is 4.79 Å². The number of fused-ring (bicyclic) bond motifs is 1. The summed E-state index contributed by atoms with van der Waals surface area (Å²) in [5.41, 5.74) is 0. The molecule has 120 valence electrons. The van der Waals surface area contributed by atoms with E-state index in [1.165, 1.54) is 16.5 Å². The van der Waals surface area contributed by atoms with Gasteiger partial charge in [-0.25, -0.2) is 0 Å². The molecule has 0 aromatic carbocycles. The number of amides is 1. The summed E-state index contributed by atoms with van der Waals surface area (Å²) in [6, 6.07) is 2.52. The molecule has 0 saturated carbocycles. The Balaban J connectivity index is 1.69. The second-order valence-corrected chi connectivity index (χ2v) is 7.45. The fourth-order valence-electron chi connectivity index (χ4n) is 3.00. The minimum absolute atomic E-state index is 0.202. The van der Waals surface area contributed by atoms with E-state index in [-0.39, 0.29) is 5.91 Å². The highest BCUT2D eigenvalue weighted by Gasteiger charge is 2.23. The van der Waals surface area contributed by atoms with Crippen LogP contribution in [0.4, 0.5) is 0 Å². The minimum Gasteiger partial charge on any atom is -0.350 e. The van der Waals surface area contributed by atoms with Gasteiger partial charge < -0.3 is 9.47 Å². The SMILES string of the molecule is CCCN1CCN(C(=O)c2cc3cn(C(C)C)cc3s2)CC1. The molecule has 1 aliphatic heterocycles. The van der Waals surface area contributed by atoms with Crippen molar-refractivity contribution in [3.63, 3.8) is 0 Å². The molecule has 0 aliphatic carbocycles. The molecule has 2 aromatic rings. The van der Waals surface area contributed by atoms with Gasteiger partial charge in [0.15, 0.2) is 0 Å². The van der Waals surface area contributed by atoms with Crippen molar-refractivity contribution < 1.29 is 4.79 Å². The van der Waals surface area contributed by atoms with Crippen molar-refractivity contribution in [3.05, 3.63) is 23.3 Å². The Kier molecular flexibility index (Phi) is 4.54. The van der Waals surface area contributed by atoms with Crippen LogP contribution < -0.4 is 0 Å². The van der Waals surface area contributed by atoms with E-state index in [4.69, 9.17) is 0 Å². The Hall–Kier alpha value is -1.33. The molecule has 3 heterocycles. The molecule has 0 unspecified atom stereocenters. The van der Waals surface area contributed by atoms with Gasteiger partial charge in [-0.2, -0.15) is 0 Å². The van der Waals surface area contributed by atoms with Gasteiger partial charge in [0.1, 0.15) is 0 Å². The maximum atomic E-state index is 12.7. The smallest absolute Gasteiger partial charge is 0.264 e. The summed E-state index contributed by atoms with van der Waals surface area (Å²) in [6.45, 7) is 11.4. The molecule has 1 saturated heterocycles. The van der Waals surface area contributed by atoms with Crippen molar-refractivity contribution in [2.24, 2.45) is 0 Å². The number of carbonyl (C=O) groups is 1. The molecular weight excluding hydrogens is 294 g/mol. The molecule has 0 N–H and O–H groups in total. The van der Waals surface area contributed by atoms with Crippen LogP contribution in [-0.4, -0.2) is 53.0 Å². The van der Waals surface area contributed by atoms with Crippen LogP contribution in [0.1, 0.15) is 42.9 Å². The molecule has 0 spiro atoms. The van der Waals surface area contributed by atoms with Crippen LogP contribution in [0.15, 0.2) is 18.5 Å². The van der Waals surface area contributed by atoms with Gasteiger partial charge in [-0.1, -0.05) is 6.92 Å². The van der Waals surface area contributed by atoms with E-state index in [0.717, 1.165) is 37.6 Å². The normalized spacial score (nSPS) is 16.8. The zero-order chi connectivity index (χ0) is 15.7. The van der Waals surface area contributed by atoms with Gasteiger partial charge in [0.2, 0.25) is 0 Å². The predicted octanol–water partition coefficient (Wildman–Crippen LogP) is 3.45. The van der Waals surface area contributed by atoms with E-state index in [1.807, 2.05) is 4.90 Å². The zero-order valence-corrected chi connectivity index (χ0v) is 14.5. The molecule has 0 bridgehead atoms. The van der Waals surface area contributed by atoms with Gasteiger partial charge in [-0.15, -0.1) is 11.3 Å². The Labute approximate surface area is 136 Å². The second-order valence-electron chi connectivity index (χ2n) is 6.36. The summed E-state index contributed by atoms with van der Waals surface area (Å²) in [6.07, 6.45) is 5.48. The maximum absolute atomic E-state index is 12.7. The highest BCUT2D eigenvalue weighted by Crippen LogP contribution is 2.29. The lowest BCUT2D eigenvalue weighted by molar-refractivity contribution is 0.0642. The van der Waals surface area contributed by atoms with E-state index in [2.05, 4.69) is 48.7 Å². The average molecular weight is 319 g/mol. The number of aromatic nitrogens is 1. The Morgan fingerprint density at radius 3 is 2.55 bits per heavy atom. The van der Waals surface area contributed by atoms with Crippen LogP contribution in [-0.2, 0) is 0 Å². The number of carbonyl (C=O) groups excluding carboxylic acids is 1. The highest BCUT2D eigenvalue weighted by molar-refractivity contribution is 7.20. The monoisotopic (exact) mass is 319 g/mol. The Morgan fingerprint density at radius 2 is 1.95 bits per heavy atom. The molecule has 0 atom stereocenters. The summed E-state index contributed by atoms with van der Waals surface area (Å²) in [5, 5.41) is 1.19. The van der Waals surface area contributed by atoms with Crippen molar-refractivity contribution in [1.82, 2.24) is 14.4 Å². The molecular formula is C17H25N3OS. The van der Waals surface area contributed by atoms with E-state index in [0.29, 0.717) is 6.04 Å². The predicted molar refractivity (Wildman–Crippen MR) is 92.8 cm³/mol. The number of nitrogens with zero attached hydrogens (tertiary/aromatic N) is 3. The molecule has 3 rings (SSSR count). The third kappa shape index (κ3) is 3.06. The quantitative estimate of drug-likeness (QED) is 0.863. The molecule has 0 radical (unpaired) electrons. The molecule has 1 aliphatic rings. The first-order valence-electron chi connectivity index (χ1n) is 8.21. The summed E-state index contributed by atoms with van der Waals surface area (Å²) < 4.78 is 3.42. The van der Waals surface area contributed by atoms with Crippen molar-refractivity contribution >= 4 is 27.3 Å². The van der Waals surface area contributed by atoms with Crippen molar-refractivity contribution in [1.29, 1.82) is 0 Å². The van der Waals surface area contributed by atoms with Gasteiger partial charge in [-0.3, -0.25) is 9.69 Å². The lowest BCUT2D eigenvalue weighted by atomic mass is 10.2. The van der Waals surface area contributed by atoms with Crippen LogP contribution in [0.2, 0.25) is 0 Å². The van der Waals surface area contributed by atoms with Gasteiger partial charge in [0.25, 0.3) is 5.91 Å².